The summed E-state index contributed by atoms with van der Waals surface area (Å²) in [5.41, 5.74) is 5.47. The Morgan fingerprint density at radius 2 is 2.31 bits per heavy atom. The second-order valence-electron chi connectivity index (χ2n) is 2.57. The zero-order valence-corrected chi connectivity index (χ0v) is 7.87. The number of imidazole rings is 1. The average Bonchev–Trinajstić information content (AvgIpc) is 2.71. The average molecular weight is 194 g/mol. The lowest BCUT2D eigenvalue weighted by Crippen LogP contribution is -2.08. The van der Waals surface area contributed by atoms with Gasteiger partial charge in [0.15, 0.2) is 5.13 Å². The molecule has 0 bridgehead atoms. The van der Waals surface area contributed by atoms with Gasteiger partial charge in [0.2, 0.25) is 0 Å². The number of rotatable bonds is 3. The summed E-state index contributed by atoms with van der Waals surface area (Å²) in [5, 5.41) is 2.89. The van der Waals surface area contributed by atoms with Gasteiger partial charge in [0.1, 0.15) is 5.82 Å². The fraction of sp³-hybridized carbons (Fsp3) is 0.250. The normalized spacial score (nSPS) is 10.5. The summed E-state index contributed by atoms with van der Waals surface area (Å²) in [6, 6.07) is 0. The van der Waals surface area contributed by atoms with Crippen LogP contribution < -0.4 is 5.73 Å². The van der Waals surface area contributed by atoms with Gasteiger partial charge in [-0.25, -0.2) is 9.97 Å². The first-order valence-corrected chi connectivity index (χ1v) is 4.92. The van der Waals surface area contributed by atoms with Crippen molar-refractivity contribution in [2.24, 2.45) is 5.73 Å². The van der Waals surface area contributed by atoms with E-state index in [9.17, 15) is 0 Å². The maximum Gasteiger partial charge on any atom is 0.194 e. The van der Waals surface area contributed by atoms with Gasteiger partial charge in [0.25, 0.3) is 0 Å². The summed E-state index contributed by atoms with van der Waals surface area (Å²) < 4.78 is 1.97. The lowest BCUT2D eigenvalue weighted by molar-refractivity contribution is 0.833. The second-order valence-corrected chi connectivity index (χ2v) is 3.44. The van der Waals surface area contributed by atoms with Crippen LogP contribution in [0.3, 0.4) is 0 Å². The van der Waals surface area contributed by atoms with Crippen LogP contribution in [0.2, 0.25) is 0 Å². The first-order valence-electron chi connectivity index (χ1n) is 4.04. The molecule has 0 atom stereocenters. The standard InChI is InChI=1S/C8H10N4S/c9-2-1-7-10-3-5-12(7)8-11-4-6-13-8/h3-6H,1-2,9H2. The highest BCUT2D eigenvalue weighted by atomic mass is 32.1. The zero-order valence-electron chi connectivity index (χ0n) is 7.05. The Hall–Kier alpha value is -1.20. The van der Waals surface area contributed by atoms with Crippen molar-refractivity contribution in [3.63, 3.8) is 0 Å². The van der Waals surface area contributed by atoms with Crippen LogP contribution in [0, 0.1) is 0 Å². The van der Waals surface area contributed by atoms with E-state index in [0.717, 1.165) is 17.4 Å². The van der Waals surface area contributed by atoms with Crippen LogP contribution >= 0.6 is 11.3 Å². The molecule has 0 aromatic carbocycles. The van der Waals surface area contributed by atoms with Crippen molar-refractivity contribution in [3.8, 4) is 5.13 Å². The van der Waals surface area contributed by atoms with Crippen molar-refractivity contribution in [3.05, 3.63) is 29.8 Å². The van der Waals surface area contributed by atoms with Gasteiger partial charge in [0.05, 0.1) is 0 Å². The van der Waals surface area contributed by atoms with E-state index in [1.54, 1.807) is 23.7 Å². The van der Waals surface area contributed by atoms with Crippen LogP contribution in [0.4, 0.5) is 0 Å². The molecule has 2 rings (SSSR count). The van der Waals surface area contributed by atoms with Gasteiger partial charge in [0, 0.05) is 30.4 Å². The molecule has 2 aromatic heterocycles. The number of nitrogens with two attached hydrogens (primary N) is 1. The van der Waals surface area contributed by atoms with E-state index in [1.807, 2.05) is 16.1 Å². The fourth-order valence-electron chi connectivity index (χ4n) is 1.16. The van der Waals surface area contributed by atoms with E-state index in [0.29, 0.717) is 6.54 Å². The molecule has 2 heterocycles. The fourth-order valence-corrected chi connectivity index (χ4v) is 1.80. The molecule has 0 saturated heterocycles. The van der Waals surface area contributed by atoms with Gasteiger partial charge in [-0.1, -0.05) is 0 Å². The van der Waals surface area contributed by atoms with Gasteiger partial charge < -0.3 is 5.73 Å². The molecular formula is C8H10N4S. The molecule has 68 valence electrons. The molecule has 0 spiro atoms. The third kappa shape index (κ3) is 1.61. The molecule has 0 amide bonds. The number of thiazole rings is 1. The third-order valence-corrected chi connectivity index (χ3v) is 2.48. The number of hydrogen-bond acceptors (Lipinski definition) is 4. The van der Waals surface area contributed by atoms with Crippen molar-refractivity contribution in [1.29, 1.82) is 0 Å². The molecule has 0 radical (unpaired) electrons. The lowest BCUT2D eigenvalue weighted by Gasteiger charge is -2.01. The molecule has 13 heavy (non-hydrogen) atoms. The molecule has 2 N–H and O–H groups in total. The van der Waals surface area contributed by atoms with Gasteiger partial charge >= 0.3 is 0 Å². The van der Waals surface area contributed by atoms with Gasteiger partial charge in [-0.2, -0.15) is 0 Å². The maximum absolute atomic E-state index is 5.47. The van der Waals surface area contributed by atoms with Crippen molar-refractivity contribution in [2.45, 2.75) is 6.42 Å². The van der Waals surface area contributed by atoms with E-state index in [4.69, 9.17) is 5.73 Å². The number of nitrogens with zero attached hydrogens (tertiary/aromatic N) is 3. The first kappa shape index (κ1) is 8.40. The monoisotopic (exact) mass is 194 g/mol. The van der Waals surface area contributed by atoms with Crippen LogP contribution in [0.5, 0.6) is 0 Å². The minimum atomic E-state index is 0.613. The van der Waals surface area contributed by atoms with Crippen LogP contribution in [0.15, 0.2) is 24.0 Å². The molecular weight excluding hydrogens is 184 g/mol. The SMILES string of the molecule is NCCc1nccn1-c1nccs1. The van der Waals surface area contributed by atoms with Gasteiger partial charge in [-0.05, 0) is 6.54 Å². The Labute approximate surface area is 80.1 Å². The predicted molar refractivity (Wildman–Crippen MR) is 52.0 cm³/mol. The van der Waals surface area contributed by atoms with Crippen molar-refractivity contribution in [1.82, 2.24) is 14.5 Å². The number of aromatic nitrogens is 3. The van der Waals surface area contributed by atoms with Crippen molar-refractivity contribution >= 4 is 11.3 Å². The molecule has 4 nitrogen and oxygen atoms in total. The Kier molecular flexibility index (Phi) is 2.37. The summed E-state index contributed by atoms with van der Waals surface area (Å²) in [7, 11) is 0. The Bertz CT molecular complexity index is 365. The smallest absolute Gasteiger partial charge is 0.194 e. The highest BCUT2D eigenvalue weighted by molar-refractivity contribution is 7.12. The molecule has 0 aliphatic heterocycles. The lowest BCUT2D eigenvalue weighted by atomic mass is 10.4. The molecule has 0 aliphatic carbocycles. The van der Waals surface area contributed by atoms with Crippen LogP contribution in [-0.2, 0) is 6.42 Å². The summed E-state index contributed by atoms with van der Waals surface area (Å²) in [6.07, 6.45) is 6.25. The highest BCUT2D eigenvalue weighted by Crippen LogP contribution is 2.13. The predicted octanol–water partition coefficient (Wildman–Crippen LogP) is 0.830. The molecule has 0 aliphatic rings. The summed E-state index contributed by atoms with van der Waals surface area (Å²) in [4.78, 5) is 8.41. The van der Waals surface area contributed by atoms with Crippen LogP contribution in [0.25, 0.3) is 5.13 Å². The first-order chi connectivity index (χ1) is 6.42. The molecule has 5 heteroatoms. The summed E-state index contributed by atoms with van der Waals surface area (Å²) in [6.45, 7) is 0.613. The van der Waals surface area contributed by atoms with E-state index >= 15 is 0 Å². The highest BCUT2D eigenvalue weighted by Gasteiger charge is 2.04. The van der Waals surface area contributed by atoms with E-state index < -0.39 is 0 Å². The molecule has 0 saturated carbocycles. The molecule has 0 unspecified atom stereocenters. The summed E-state index contributed by atoms with van der Waals surface area (Å²) in [5.74, 6) is 0.970. The maximum atomic E-state index is 5.47. The zero-order chi connectivity index (χ0) is 9.10. The quantitative estimate of drug-likeness (QED) is 0.787. The topological polar surface area (TPSA) is 56.7 Å². The van der Waals surface area contributed by atoms with Crippen molar-refractivity contribution < 1.29 is 0 Å². The largest absolute Gasteiger partial charge is 0.330 e. The van der Waals surface area contributed by atoms with E-state index in [1.165, 1.54) is 0 Å². The molecule has 0 fully saturated rings. The summed E-state index contributed by atoms with van der Waals surface area (Å²) >= 11 is 1.59. The van der Waals surface area contributed by atoms with Gasteiger partial charge in [-0.15, -0.1) is 11.3 Å². The van der Waals surface area contributed by atoms with E-state index in [2.05, 4.69) is 9.97 Å². The van der Waals surface area contributed by atoms with Gasteiger partial charge in [-0.3, -0.25) is 4.57 Å². The third-order valence-electron chi connectivity index (χ3n) is 1.71. The Balaban J connectivity index is 2.35. The molecule has 2 aromatic rings. The second kappa shape index (κ2) is 3.68. The minimum absolute atomic E-state index is 0.613. The Morgan fingerprint density at radius 3 is 3.00 bits per heavy atom. The van der Waals surface area contributed by atoms with Crippen molar-refractivity contribution in [2.75, 3.05) is 6.54 Å². The minimum Gasteiger partial charge on any atom is -0.330 e. The van der Waals surface area contributed by atoms with Crippen LogP contribution in [0.1, 0.15) is 5.82 Å². The van der Waals surface area contributed by atoms with E-state index in [-0.39, 0.29) is 0 Å². The number of hydrogen-bond donors (Lipinski definition) is 1. The van der Waals surface area contributed by atoms with Crippen LogP contribution in [-0.4, -0.2) is 21.1 Å². The Morgan fingerprint density at radius 1 is 1.38 bits per heavy atom.